The van der Waals surface area contributed by atoms with Crippen molar-refractivity contribution in [3.8, 4) is 0 Å². The summed E-state index contributed by atoms with van der Waals surface area (Å²) in [6.45, 7) is 13.3. The Morgan fingerprint density at radius 1 is 1.29 bits per heavy atom. The summed E-state index contributed by atoms with van der Waals surface area (Å²) in [4.78, 5) is 2.77. The third-order valence-electron chi connectivity index (χ3n) is 4.82. The maximum atomic E-state index is 3.64. The summed E-state index contributed by atoms with van der Waals surface area (Å²) in [6, 6.07) is 1.40. The molecule has 2 heteroatoms. The van der Waals surface area contributed by atoms with Crippen LogP contribution in [0.25, 0.3) is 0 Å². The lowest BCUT2D eigenvalue weighted by Crippen LogP contribution is -2.59. The molecule has 2 fully saturated rings. The van der Waals surface area contributed by atoms with E-state index in [1.54, 1.807) is 0 Å². The van der Waals surface area contributed by atoms with Gasteiger partial charge in [-0.1, -0.05) is 33.6 Å². The van der Waals surface area contributed by atoms with Gasteiger partial charge in [0, 0.05) is 31.7 Å². The number of nitrogens with zero attached hydrogens (tertiary/aromatic N) is 1. The van der Waals surface area contributed by atoms with E-state index in [2.05, 4.69) is 37.9 Å². The minimum absolute atomic E-state index is 0.601. The highest BCUT2D eigenvalue weighted by molar-refractivity contribution is 4.91. The van der Waals surface area contributed by atoms with Crippen LogP contribution in [0.5, 0.6) is 0 Å². The Kier molecular flexibility index (Phi) is 4.14. The lowest BCUT2D eigenvalue weighted by Gasteiger charge is -2.45. The zero-order valence-corrected chi connectivity index (χ0v) is 12.1. The summed E-state index contributed by atoms with van der Waals surface area (Å²) >= 11 is 0. The van der Waals surface area contributed by atoms with E-state index in [4.69, 9.17) is 0 Å². The molecule has 2 atom stereocenters. The Hall–Kier alpha value is -0.0800. The first kappa shape index (κ1) is 13.4. The fraction of sp³-hybridized carbons (Fsp3) is 1.00. The van der Waals surface area contributed by atoms with Gasteiger partial charge in [-0.15, -0.1) is 0 Å². The first-order valence-corrected chi connectivity index (χ1v) is 7.48. The van der Waals surface area contributed by atoms with Crippen molar-refractivity contribution >= 4 is 0 Å². The van der Waals surface area contributed by atoms with Crippen LogP contribution < -0.4 is 5.32 Å². The van der Waals surface area contributed by atoms with Gasteiger partial charge in [0.15, 0.2) is 0 Å². The van der Waals surface area contributed by atoms with Crippen molar-refractivity contribution in [2.45, 2.75) is 65.5 Å². The van der Waals surface area contributed by atoms with Crippen molar-refractivity contribution in [1.82, 2.24) is 10.2 Å². The predicted molar refractivity (Wildman–Crippen MR) is 74.2 cm³/mol. The van der Waals surface area contributed by atoms with Crippen molar-refractivity contribution < 1.29 is 0 Å². The molecule has 2 aliphatic rings. The molecule has 1 heterocycles. The summed E-state index contributed by atoms with van der Waals surface area (Å²) in [5.41, 5.74) is 0.601. The molecular formula is C15H30N2. The molecule has 0 aromatic carbocycles. The average molecular weight is 238 g/mol. The van der Waals surface area contributed by atoms with Gasteiger partial charge in [0.05, 0.1) is 0 Å². The van der Waals surface area contributed by atoms with Crippen LogP contribution in [0.15, 0.2) is 0 Å². The van der Waals surface area contributed by atoms with Gasteiger partial charge in [0.25, 0.3) is 0 Å². The van der Waals surface area contributed by atoms with Crippen molar-refractivity contribution in [2.24, 2.45) is 11.3 Å². The van der Waals surface area contributed by atoms with E-state index in [9.17, 15) is 0 Å². The average Bonchev–Trinajstić information content (AvgIpc) is 2.64. The molecule has 2 nitrogen and oxygen atoms in total. The van der Waals surface area contributed by atoms with Crippen LogP contribution in [0.3, 0.4) is 0 Å². The smallest absolute Gasteiger partial charge is 0.0244 e. The molecule has 0 bridgehead atoms. The molecule has 0 amide bonds. The van der Waals surface area contributed by atoms with Crippen LogP contribution >= 0.6 is 0 Å². The van der Waals surface area contributed by atoms with E-state index in [0.717, 1.165) is 12.0 Å². The van der Waals surface area contributed by atoms with Crippen molar-refractivity contribution in [2.75, 3.05) is 19.6 Å². The topological polar surface area (TPSA) is 15.3 Å². The fourth-order valence-electron chi connectivity index (χ4n) is 3.72. The van der Waals surface area contributed by atoms with Gasteiger partial charge >= 0.3 is 0 Å². The molecule has 0 aromatic heterocycles. The number of rotatable bonds is 3. The van der Waals surface area contributed by atoms with E-state index in [1.807, 2.05) is 0 Å². The summed E-state index contributed by atoms with van der Waals surface area (Å²) in [7, 11) is 0. The molecule has 100 valence electrons. The lowest BCUT2D eigenvalue weighted by atomic mass is 9.86. The second-order valence-corrected chi connectivity index (χ2v) is 7.07. The zero-order valence-electron chi connectivity index (χ0n) is 12.1. The lowest BCUT2D eigenvalue weighted by molar-refractivity contribution is 0.0599. The second-order valence-electron chi connectivity index (χ2n) is 7.07. The number of nitrogens with one attached hydrogen (secondary N) is 1. The van der Waals surface area contributed by atoms with Crippen LogP contribution in [0.1, 0.15) is 53.4 Å². The minimum Gasteiger partial charge on any atom is -0.311 e. The van der Waals surface area contributed by atoms with Crippen molar-refractivity contribution in [3.05, 3.63) is 0 Å². The van der Waals surface area contributed by atoms with Gasteiger partial charge in [-0.25, -0.2) is 0 Å². The number of piperazine rings is 1. The van der Waals surface area contributed by atoms with Gasteiger partial charge in [0.1, 0.15) is 0 Å². The van der Waals surface area contributed by atoms with Crippen molar-refractivity contribution in [3.63, 3.8) is 0 Å². The Bertz CT molecular complexity index is 243. The Balaban J connectivity index is 1.99. The van der Waals surface area contributed by atoms with Gasteiger partial charge < -0.3 is 5.32 Å². The highest BCUT2D eigenvalue weighted by atomic mass is 15.2. The van der Waals surface area contributed by atoms with Crippen LogP contribution in [-0.2, 0) is 0 Å². The summed E-state index contributed by atoms with van der Waals surface area (Å²) in [6.07, 6.45) is 5.78. The molecule has 1 N–H and O–H groups in total. The quantitative estimate of drug-likeness (QED) is 0.813. The van der Waals surface area contributed by atoms with Crippen LogP contribution in [-0.4, -0.2) is 36.6 Å². The molecule has 0 aromatic rings. The standard InChI is InChI=1S/C15H30N2/c1-12(2)14-9-16-13(3)10-17(14)11-15(4)7-5-6-8-15/h12-14,16H,5-11H2,1-4H3. The molecule has 1 saturated carbocycles. The Morgan fingerprint density at radius 3 is 2.53 bits per heavy atom. The summed E-state index contributed by atoms with van der Waals surface area (Å²) < 4.78 is 0. The van der Waals surface area contributed by atoms with Gasteiger partial charge in [-0.2, -0.15) is 0 Å². The number of hydrogen-bond donors (Lipinski definition) is 1. The van der Waals surface area contributed by atoms with Gasteiger partial charge in [-0.05, 0) is 31.1 Å². The van der Waals surface area contributed by atoms with Gasteiger partial charge in [0.2, 0.25) is 0 Å². The molecular weight excluding hydrogens is 208 g/mol. The summed E-state index contributed by atoms with van der Waals surface area (Å²) in [5.74, 6) is 0.764. The first-order valence-electron chi connectivity index (χ1n) is 7.48. The van der Waals surface area contributed by atoms with E-state index in [0.29, 0.717) is 11.5 Å². The maximum absolute atomic E-state index is 3.64. The molecule has 17 heavy (non-hydrogen) atoms. The largest absolute Gasteiger partial charge is 0.311 e. The predicted octanol–water partition coefficient (Wildman–Crippen LogP) is 2.89. The van der Waals surface area contributed by atoms with E-state index < -0.39 is 0 Å². The third-order valence-corrected chi connectivity index (χ3v) is 4.82. The molecule has 1 aliphatic heterocycles. The van der Waals surface area contributed by atoms with E-state index in [-0.39, 0.29) is 0 Å². The monoisotopic (exact) mass is 238 g/mol. The zero-order chi connectivity index (χ0) is 12.5. The minimum atomic E-state index is 0.601. The van der Waals surface area contributed by atoms with Gasteiger partial charge in [-0.3, -0.25) is 4.90 Å². The van der Waals surface area contributed by atoms with Crippen LogP contribution in [0.2, 0.25) is 0 Å². The normalized spacial score (nSPS) is 34.4. The summed E-state index contributed by atoms with van der Waals surface area (Å²) in [5, 5.41) is 3.64. The SMILES string of the molecule is CC1CN(CC2(C)CCCC2)C(C(C)C)CN1. The third kappa shape index (κ3) is 3.23. The molecule has 0 spiro atoms. The molecule has 0 radical (unpaired) electrons. The van der Waals surface area contributed by atoms with Crippen LogP contribution in [0, 0.1) is 11.3 Å². The Labute approximate surface area is 107 Å². The van der Waals surface area contributed by atoms with E-state index >= 15 is 0 Å². The highest BCUT2D eigenvalue weighted by Gasteiger charge is 2.35. The highest BCUT2D eigenvalue weighted by Crippen LogP contribution is 2.39. The second kappa shape index (κ2) is 5.27. The molecule has 1 saturated heterocycles. The molecule has 2 rings (SSSR count). The maximum Gasteiger partial charge on any atom is 0.0244 e. The molecule has 2 unspecified atom stereocenters. The first-order chi connectivity index (χ1) is 8.00. The van der Waals surface area contributed by atoms with E-state index in [1.165, 1.54) is 45.3 Å². The van der Waals surface area contributed by atoms with Crippen LogP contribution in [0.4, 0.5) is 0 Å². The Morgan fingerprint density at radius 2 is 1.94 bits per heavy atom. The molecule has 1 aliphatic carbocycles. The fourth-order valence-corrected chi connectivity index (χ4v) is 3.72. The number of hydrogen-bond acceptors (Lipinski definition) is 2. The van der Waals surface area contributed by atoms with Crippen molar-refractivity contribution in [1.29, 1.82) is 0 Å².